The van der Waals surface area contributed by atoms with E-state index in [-0.39, 0.29) is 5.69 Å². The number of aryl methyl sites for hydroxylation is 1. The van der Waals surface area contributed by atoms with Gasteiger partial charge in [-0.2, -0.15) is 0 Å². The highest BCUT2D eigenvalue weighted by Gasteiger charge is 2.47. The Hall–Kier alpha value is -1.91. The van der Waals surface area contributed by atoms with E-state index in [0.717, 1.165) is 12.0 Å². The van der Waals surface area contributed by atoms with Gasteiger partial charge in [0.1, 0.15) is 0 Å². The molecule has 1 aliphatic rings. The molecule has 0 spiro atoms. The maximum Gasteiger partial charge on any atom is 0.314 e. The minimum atomic E-state index is -0.907. The SMILES string of the molecule is Cc1ccc([N+](=O)[O-])cc1C1(C(=O)O)CCC1. The molecule has 17 heavy (non-hydrogen) atoms. The summed E-state index contributed by atoms with van der Waals surface area (Å²) < 4.78 is 0. The molecule has 1 N–H and O–H groups in total. The van der Waals surface area contributed by atoms with Crippen LogP contribution in [0.5, 0.6) is 0 Å². The van der Waals surface area contributed by atoms with Gasteiger partial charge in [0.2, 0.25) is 0 Å². The van der Waals surface area contributed by atoms with E-state index in [1.807, 2.05) is 0 Å². The van der Waals surface area contributed by atoms with Crippen molar-refractivity contribution in [3.05, 3.63) is 39.4 Å². The van der Waals surface area contributed by atoms with Gasteiger partial charge in [-0.3, -0.25) is 14.9 Å². The second-order valence-electron chi connectivity index (χ2n) is 4.50. The fourth-order valence-electron chi connectivity index (χ4n) is 2.37. The standard InChI is InChI=1S/C12H13NO4/c1-8-3-4-9(13(16)17)7-10(8)12(11(14)15)5-2-6-12/h3-4,7H,2,5-6H2,1H3,(H,14,15). The quantitative estimate of drug-likeness (QED) is 0.644. The van der Waals surface area contributed by atoms with Crippen LogP contribution in [0.2, 0.25) is 0 Å². The second kappa shape index (κ2) is 3.84. The van der Waals surface area contributed by atoms with Gasteiger partial charge in [-0.25, -0.2) is 0 Å². The average Bonchev–Trinajstić information content (AvgIpc) is 2.18. The summed E-state index contributed by atoms with van der Waals surface area (Å²) >= 11 is 0. The van der Waals surface area contributed by atoms with Gasteiger partial charge in [-0.1, -0.05) is 12.5 Å². The molecule has 0 heterocycles. The minimum absolute atomic E-state index is 0.0434. The van der Waals surface area contributed by atoms with Crippen molar-refractivity contribution >= 4 is 11.7 Å². The molecule has 5 heteroatoms. The molecular formula is C12H13NO4. The molecule has 0 atom stereocenters. The Bertz CT molecular complexity index is 491. The summed E-state index contributed by atoms with van der Waals surface area (Å²) in [6.45, 7) is 1.79. The number of carbonyl (C=O) groups is 1. The van der Waals surface area contributed by atoms with Crippen LogP contribution in [-0.2, 0) is 10.2 Å². The monoisotopic (exact) mass is 235 g/mol. The Morgan fingerprint density at radius 2 is 2.12 bits per heavy atom. The first kappa shape index (κ1) is 11.6. The molecule has 0 radical (unpaired) electrons. The number of nitro benzene ring substituents is 1. The van der Waals surface area contributed by atoms with Crippen LogP contribution < -0.4 is 0 Å². The first-order valence-corrected chi connectivity index (χ1v) is 5.46. The Labute approximate surface area is 98.2 Å². The van der Waals surface area contributed by atoms with Crippen molar-refractivity contribution in [1.82, 2.24) is 0 Å². The lowest BCUT2D eigenvalue weighted by Crippen LogP contribution is -2.42. The molecule has 5 nitrogen and oxygen atoms in total. The van der Waals surface area contributed by atoms with Gasteiger partial charge < -0.3 is 5.11 Å². The lowest BCUT2D eigenvalue weighted by Gasteiger charge is -2.38. The van der Waals surface area contributed by atoms with Gasteiger partial charge in [-0.05, 0) is 30.9 Å². The molecule has 0 aromatic heterocycles. The fraction of sp³-hybridized carbons (Fsp3) is 0.417. The summed E-state index contributed by atoms with van der Waals surface area (Å²) in [5.41, 5.74) is 0.442. The predicted molar refractivity (Wildman–Crippen MR) is 61.0 cm³/mol. The van der Waals surface area contributed by atoms with Crippen LogP contribution in [0.4, 0.5) is 5.69 Å². The number of nitrogens with zero attached hydrogens (tertiary/aromatic N) is 1. The van der Waals surface area contributed by atoms with Crippen LogP contribution in [0.1, 0.15) is 30.4 Å². The van der Waals surface area contributed by atoms with Crippen molar-refractivity contribution in [2.75, 3.05) is 0 Å². The fourth-order valence-corrected chi connectivity index (χ4v) is 2.37. The molecule has 0 bridgehead atoms. The summed E-state index contributed by atoms with van der Waals surface area (Å²) in [6, 6.07) is 4.44. The molecule has 90 valence electrons. The molecule has 0 amide bonds. The number of hydrogen-bond donors (Lipinski definition) is 1. The van der Waals surface area contributed by atoms with Gasteiger partial charge >= 0.3 is 5.97 Å². The van der Waals surface area contributed by atoms with E-state index >= 15 is 0 Å². The zero-order chi connectivity index (χ0) is 12.6. The summed E-state index contributed by atoms with van der Waals surface area (Å²) in [5.74, 6) is -0.882. The molecule has 1 aliphatic carbocycles. The van der Waals surface area contributed by atoms with Gasteiger partial charge in [0.15, 0.2) is 0 Å². The lowest BCUT2D eigenvalue weighted by atomic mass is 9.63. The van der Waals surface area contributed by atoms with E-state index in [1.54, 1.807) is 13.0 Å². The average molecular weight is 235 g/mol. The maximum absolute atomic E-state index is 11.4. The van der Waals surface area contributed by atoms with Gasteiger partial charge in [0, 0.05) is 12.1 Å². The summed E-state index contributed by atoms with van der Waals surface area (Å²) in [7, 11) is 0. The van der Waals surface area contributed by atoms with Crippen LogP contribution in [0.15, 0.2) is 18.2 Å². The van der Waals surface area contributed by atoms with Gasteiger partial charge in [0.05, 0.1) is 10.3 Å². The third kappa shape index (κ3) is 1.67. The number of non-ortho nitro benzene ring substituents is 1. The zero-order valence-corrected chi connectivity index (χ0v) is 9.47. The summed E-state index contributed by atoms with van der Waals surface area (Å²) in [5, 5.41) is 20.0. The Morgan fingerprint density at radius 3 is 2.53 bits per heavy atom. The minimum Gasteiger partial charge on any atom is -0.481 e. The Morgan fingerprint density at radius 1 is 1.47 bits per heavy atom. The van der Waals surface area contributed by atoms with Crippen molar-refractivity contribution in [2.24, 2.45) is 0 Å². The van der Waals surface area contributed by atoms with Gasteiger partial charge in [-0.15, -0.1) is 0 Å². The number of aliphatic carboxylic acids is 1. The number of carboxylic acid groups (broad SMARTS) is 1. The molecule has 1 fully saturated rings. The van der Waals surface area contributed by atoms with Crippen molar-refractivity contribution in [3.63, 3.8) is 0 Å². The first-order chi connectivity index (χ1) is 7.97. The number of hydrogen-bond acceptors (Lipinski definition) is 3. The van der Waals surface area contributed by atoms with E-state index in [1.165, 1.54) is 12.1 Å². The zero-order valence-electron chi connectivity index (χ0n) is 9.47. The van der Waals surface area contributed by atoms with E-state index < -0.39 is 16.3 Å². The predicted octanol–water partition coefficient (Wildman–Crippen LogP) is 2.41. The number of nitro groups is 1. The van der Waals surface area contributed by atoms with Gasteiger partial charge in [0.25, 0.3) is 5.69 Å². The van der Waals surface area contributed by atoms with Crippen LogP contribution in [0.25, 0.3) is 0 Å². The maximum atomic E-state index is 11.4. The van der Waals surface area contributed by atoms with Crippen LogP contribution in [0.3, 0.4) is 0 Å². The lowest BCUT2D eigenvalue weighted by molar-refractivity contribution is -0.385. The van der Waals surface area contributed by atoms with E-state index in [4.69, 9.17) is 0 Å². The molecule has 1 aromatic carbocycles. The Balaban J connectivity index is 2.54. The van der Waals surface area contributed by atoms with E-state index in [0.29, 0.717) is 18.4 Å². The number of benzene rings is 1. The molecule has 0 aliphatic heterocycles. The molecule has 2 rings (SSSR count). The summed E-state index contributed by atoms with van der Waals surface area (Å²) in [6.07, 6.45) is 1.98. The van der Waals surface area contributed by atoms with Crippen molar-refractivity contribution in [2.45, 2.75) is 31.6 Å². The highest BCUT2D eigenvalue weighted by Crippen LogP contribution is 2.45. The molecule has 0 saturated heterocycles. The number of carboxylic acids is 1. The largest absolute Gasteiger partial charge is 0.481 e. The molecule has 0 unspecified atom stereocenters. The highest BCUT2D eigenvalue weighted by molar-refractivity contribution is 5.83. The smallest absolute Gasteiger partial charge is 0.314 e. The second-order valence-corrected chi connectivity index (χ2v) is 4.50. The third-order valence-electron chi connectivity index (χ3n) is 3.56. The summed E-state index contributed by atoms with van der Waals surface area (Å²) in [4.78, 5) is 21.6. The first-order valence-electron chi connectivity index (χ1n) is 5.46. The number of rotatable bonds is 3. The molecule has 1 aromatic rings. The third-order valence-corrected chi connectivity index (χ3v) is 3.56. The van der Waals surface area contributed by atoms with Crippen LogP contribution in [-0.4, -0.2) is 16.0 Å². The van der Waals surface area contributed by atoms with Crippen molar-refractivity contribution in [3.8, 4) is 0 Å². The van der Waals surface area contributed by atoms with Crippen LogP contribution >= 0.6 is 0 Å². The molecular weight excluding hydrogens is 222 g/mol. The Kier molecular flexibility index (Phi) is 2.61. The van der Waals surface area contributed by atoms with E-state index in [2.05, 4.69) is 0 Å². The van der Waals surface area contributed by atoms with E-state index in [9.17, 15) is 20.0 Å². The molecule has 1 saturated carbocycles. The van der Waals surface area contributed by atoms with Crippen LogP contribution in [0, 0.1) is 17.0 Å². The topological polar surface area (TPSA) is 80.4 Å². The van der Waals surface area contributed by atoms with Crippen molar-refractivity contribution in [1.29, 1.82) is 0 Å². The normalized spacial score (nSPS) is 17.2. The highest BCUT2D eigenvalue weighted by atomic mass is 16.6. The van der Waals surface area contributed by atoms with Crippen molar-refractivity contribution < 1.29 is 14.8 Å².